The van der Waals surface area contributed by atoms with Crippen molar-refractivity contribution in [1.29, 1.82) is 0 Å². The number of anilines is 1. The van der Waals surface area contributed by atoms with Gasteiger partial charge in [0.25, 0.3) is 0 Å². The molecule has 0 saturated carbocycles. The molecule has 0 saturated heterocycles. The zero-order chi connectivity index (χ0) is 14.3. The van der Waals surface area contributed by atoms with Crippen LogP contribution < -0.4 is 15.8 Å². The fourth-order valence-corrected chi connectivity index (χ4v) is 1.82. The third-order valence-corrected chi connectivity index (χ3v) is 3.19. The molecule has 0 heterocycles. The van der Waals surface area contributed by atoms with Gasteiger partial charge in [-0.25, -0.2) is 13.6 Å². The Morgan fingerprint density at radius 1 is 1.32 bits per heavy atom. The first kappa shape index (κ1) is 15.4. The molecule has 0 bridgehead atoms. The minimum Gasteiger partial charge on any atom is -0.383 e. The molecule has 0 fully saturated rings. The number of carbonyl (C=O) groups excluding carboxylic acids is 1. The molecule has 1 aromatic rings. The van der Waals surface area contributed by atoms with E-state index in [1.165, 1.54) is 12.1 Å². The summed E-state index contributed by atoms with van der Waals surface area (Å²) in [5, 5.41) is 10.5. The quantitative estimate of drug-likeness (QED) is 0.586. The number of hydrogen-bond donors (Lipinski definition) is 3. The van der Waals surface area contributed by atoms with Crippen molar-refractivity contribution in [2.75, 3.05) is 32.1 Å². The van der Waals surface area contributed by atoms with Crippen molar-refractivity contribution >= 4 is 21.6 Å². The first-order valence-electron chi connectivity index (χ1n) is 5.56. The van der Waals surface area contributed by atoms with E-state index in [-0.39, 0.29) is 17.3 Å². The van der Waals surface area contributed by atoms with Crippen molar-refractivity contribution in [1.82, 2.24) is 5.32 Å². The number of sulfonamides is 1. The van der Waals surface area contributed by atoms with Gasteiger partial charge in [-0.05, 0) is 24.3 Å². The highest BCUT2D eigenvalue weighted by Crippen LogP contribution is 2.12. The van der Waals surface area contributed by atoms with E-state index in [0.29, 0.717) is 18.8 Å². The van der Waals surface area contributed by atoms with Gasteiger partial charge in [-0.2, -0.15) is 0 Å². The molecule has 0 aromatic heterocycles. The summed E-state index contributed by atoms with van der Waals surface area (Å²) >= 11 is 0. The van der Waals surface area contributed by atoms with E-state index in [0.717, 1.165) is 0 Å². The lowest BCUT2D eigenvalue weighted by Gasteiger charge is -2.07. The molecule has 0 spiro atoms. The molecule has 7 nitrogen and oxygen atoms in total. The second-order valence-electron chi connectivity index (χ2n) is 3.77. The number of methoxy groups -OCH3 is 1. The summed E-state index contributed by atoms with van der Waals surface area (Å²) in [5.41, 5.74) is 0.634. The molecule has 0 radical (unpaired) electrons. The summed E-state index contributed by atoms with van der Waals surface area (Å²) in [7, 11) is -2.13. The maximum Gasteiger partial charge on any atom is 0.239 e. The number of carbonyl (C=O) groups is 1. The van der Waals surface area contributed by atoms with Crippen LogP contribution in [0.2, 0.25) is 0 Å². The number of nitrogens with two attached hydrogens (primary N) is 1. The van der Waals surface area contributed by atoms with Gasteiger partial charge in [0, 0.05) is 19.3 Å². The Balaban J connectivity index is 2.44. The molecule has 0 aliphatic carbocycles. The van der Waals surface area contributed by atoms with Gasteiger partial charge in [0.05, 0.1) is 18.0 Å². The SMILES string of the molecule is COCCNC(=O)CNc1ccc(S(N)(=O)=O)cc1. The van der Waals surface area contributed by atoms with Crippen LogP contribution in [0.25, 0.3) is 0 Å². The van der Waals surface area contributed by atoms with Crippen LogP contribution in [0.4, 0.5) is 5.69 Å². The van der Waals surface area contributed by atoms with Crippen LogP contribution in [0.3, 0.4) is 0 Å². The molecular weight excluding hydrogens is 270 g/mol. The standard InChI is InChI=1S/C11H17N3O4S/c1-18-7-6-13-11(15)8-14-9-2-4-10(5-3-9)19(12,16)17/h2-5,14H,6-8H2,1H3,(H,13,15)(H2,12,16,17). The maximum absolute atomic E-state index is 11.4. The number of ether oxygens (including phenoxy) is 1. The number of rotatable bonds is 7. The molecule has 0 aliphatic heterocycles. The summed E-state index contributed by atoms with van der Waals surface area (Å²) in [6.45, 7) is 0.995. The average Bonchev–Trinajstić information content (AvgIpc) is 2.36. The summed E-state index contributed by atoms with van der Waals surface area (Å²) in [4.78, 5) is 11.4. The van der Waals surface area contributed by atoms with Crippen LogP contribution in [0.1, 0.15) is 0 Å². The van der Waals surface area contributed by atoms with Gasteiger partial charge in [0.2, 0.25) is 15.9 Å². The monoisotopic (exact) mass is 287 g/mol. The molecular formula is C11H17N3O4S. The van der Waals surface area contributed by atoms with Gasteiger partial charge < -0.3 is 15.4 Å². The van der Waals surface area contributed by atoms with Crippen LogP contribution in [0.15, 0.2) is 29.2 Å². The van der Waals surface area contributed by atoms with Gasteiger partial charge in [-0.1, -0.05) is 0 Å². The Bertz CT molecular complexity index is 513. The normalized spacial score (nSPS) is 11.1. The highest BCUT2D eigenvalue weighted by molar-refractivity contribution is 7.89. The van der Waals surface area contributed by atoms with E-state index in [1.807, 2.05) is 0 Å². The van der Waals surface area contributed by atoms with Crippen molar-refractivity contribution in [3.05, 3.63) is 24.3 Å². The van der Waals surface area contributed by atoms with Gasteiger partial charge in [-0.3, -0.25) is 4.79 Å². The van der Waals surface area contributed by atoms with E-state index >= 15 is 0 Å². The van der Waals surface area contributed by atoms with Gasteiger partial charge >= 0.3 is 0 Å². The van der Waals surface area contributed by atoms with Gasteiger partial charge in [0.15, 0.2) is 0 Å². The van der Waals surface area contributed by atoms with Crippen LogP contribution in [-0.2, 0) is 19.6 Å². The summed E-state index contributed by atoms with van der Waals surface area (Å²) in [5.74, 6) is -0.174. The molecule has 0 aliphatic rings. The Labute approximate surface area is 112 Å². The molecule has 4 N–H and O–H groups in total. The number of benzene rings is 1. The number of hydrogen-bond acceptors (Lipinski definition) is 5. The minimum absolute atomic E-state index is 0.0302. The topological polar surface area (TPSA) is 111 Å². The lowest BCUT2D eigenvalue weighted by atomic mass is 10.3. The predicted octanol–water partition coefficient (Wildman–Crippen LogP) is -0.491. The second kappa shape index (κ2) is 7.07. The Hall–Kier alpha value is -1.64. The Morgan fingerprint density at radius 2 is 1.95 bits per heavy atom. The van der Waals surface area contributed by atoms with Crippen LogP contribution in [0.5, 0.6) is 0 Å². The molecule has 8 heteroatoms. The summed E-state index contributed by atoms with van der Waals surface area (Å²) in [6.07, 6.45) is 0. The minimum atomic E-state index is -3.69. The largest absolute Gasteiger partial charge is 0.383 e. The van der Waals surface area contributed by atoms with Crippen LogP contribution in [0, 0.1) is 0 Å². The molecule has 0 unspecified atom stereocenters. The van der Waals surface area contributed by atoms with E-state index in [4.69, 9.17) is 9.88 Å². The van der Waals surface area contributed by atoms with Crippen molar-refractivity contribution in [3.63, 3.8) is 0 Å². The van der Waals surface area contributed by atoms with Crippen molar-refractivity contribution < 1.29 is 17.9 Å². The lowest BCUT2D eigenvalue weighted by Crippen LogP contribution is -2.32. The zero-order valence-electron chi connectivity index (χ0n) is 10.5. The highest BCUT2D eigenvalue weighted by atomic mass is 32.2. The van der Waals surface area contributed by atoms with E-state index in [1.54, 1.807) is 19.2 Å². The molecule has 0 atom stereocenters. The number of nitrogens with one attached hydrogen (secondary N) is 2. The van der Waals surface area contributed by atoms with Crippen molar-refractivity contribution in [3.8, 4) is 0 Å². The van der Waals surface area contributed by atoms with Crippen LogP contribution >= 0.6 is 0 Å². The first-order valence-corrected chi connectivity index (χ1v) is 7.10. The Kier molecular flexibility index (Phi) is 5.74. The zero-order valence-corrected chi connectivity index (χ0v) is 11.4. The third-order valence-electron chi connectivity index (χ3n) is 2.26. The number of primary sulfonamides is 1. The van der Waals surface area contributed by atoms with Crippen LogP contribution in [-0.4, -0.2) is 41.1 Å². The summed E-state index contributed by atoms with van der Waals surface area (Å²) < 4.78 is 26.9. The fourth-order valence-electron chi connectivity index (χ4n) is 1.30. The molecule has 1 amide bonds. The molecule has 1 aromatic carbocycles. The lowest BCUT2D eigenvalue weighted by molar-refractivity contribution is -0.119. The Morgan fingerprint density at radius 3 is 2.47 bits per heavy atom. The molecule has 106 valence electrons. The van der Waals surface area contributed by atoms with E-state index < -0.39 is 10.0 Å². The first-order chi connectivity index (χ1) is 8.93. The van der Waals surface area contributed by atoms with E-state index in [9.17, 15) is 13.2 Å². The second-order valence-corrected chi connectivity index (χ2v) is 5.33. The summed E-state index contributed by atoms with van der Waals surface area (Å²) in [6, 6.07) is 5.84. The predicted molar refractivity (Wildman–Crippen MR) is 71.2 cm³/mol. The maximum atomic E-state index is 11.4. The number of amides is 1. The van der Waals surface area contributed by atoms with E-state index in [2.05, 4.69) is 10.6 Å². The van der Waals surface area contributed by atoms with Gasteiger partial charge in [-0.15, -0.1) is 0 Å². The molecule has 1 rings (SSSR count). The van der Waals surface area contributed by atoms with Crippen molar-refractivity contribution in [2.24, 2.45) is 5.14 Å². The highest BCUT2D eigenvalue weighted by Gasteiger charge is 2.07. The van der Waals surface area contributed by atoms with Crippen molar-refractivity contribution in [2.45, 2.75) is 4.90 Å². The molecule has 19 heavy (non-hydrogen) atoms. The average molecular weight is 287 g/mol. The fraction of sp³-hybridized carbons (Fsp3) is 0.364. The smallest absolute Gasteiger partial charge is 0.239 e. The third kappa shape index (κ3) is 5.69. The van der Waals surface area contributed by atoms with Gasteiger partial charge in [0.1, 0.15) is 0 Å².